The first kappa shape index (κ1) is 12.5. The Balaban J connectivity index is 2.59. The van der Waals surface area contributed by atoms with E-state index in [1.807, 2.05) is 31.2 Å². The van der Waals surface area contributed by atoms with Crippen molar-refractivity contribution in [1.29, 1.82) is 0 Å². The first-order valence-electron chi connectivity index (χ1n) is 5.51. The van der Waals surface area contributed by atoms with Crippen LogP contribution in [-0.4, -0.2) is 9.91 Å². The number of nitrogens with zero attached hydrogens (tertiary/aromatic N) is 2. The molecule has 1 aromatic heterocycles. The summed E-state index contributed by atoms with van der Waals surface area (Å²) in [6.45, 7) is 2.05. The number of hydrogen-bond donors (Lipinski definition) is 0. The van der Waals surface area contributed by atoms with E-state index in [1.54, 1.807) is 0 Å². The van der Waals surface area contributed by atoms with Crippen LogP contribution in [-0.2, 0) is 6.42 Å². The molecular weight excluding hydrogens is 252 g/mol. The van der Waals surface area contributed by atoms with Crippen molar-refractivity contribution in [3.63, 3.8) is 0 Å². The molecule has 0 spiro atoms. The third kappa shape index (κ3) is 2.49. The Bertz CT molecular complexity index is 638. The first-order valence-corrected chi connectivity index (χ1v) is 5.89. The third-order valence-electron chi connectivity index (χ3n) is 2.67. The van der Waals surface area contributed by atoms with Crippen molar-refractivity contribution in [3.05, 3.63) is 56.9 Å². The van der Waals surface area contributed by atoms with E-state index in [4.69, 9.17) is 11.6 Å². The van der Waals surface area contributed by atoms with Gasteiger partial charge in [-0.2, -0.15) is 0 Å². The summed E-state index contributed by atoms with van der Waals surface area (Å²) in [4.78, 5) is 14.1. The van der Waals surface area contributed by atoms with Crippen LogP contribution in [0.4, 0.5) is 0 Å². The molecule has 2 aromatic rings. The largest absolute Gasteiger partial charge is 0.259 e. The molecule has 0 atom stereocenters. The molecule has 1 heterocycles. The lowest BCUT2D eigenvalue weighted by Gasteiger charge is -2.05. The highest BCUT2D eigenvalue weighted by atomic mass is 35.5. The molecule has 0 saturated carbocycles. The number of halogens is 1. The van der Waals surface area contributed by atoms with E-state index in [-0.39, 0.29) is 5.15 Å². The van der Waals surface area contributed by atoms with E-state index >= 15 is 0 Å². The van der Waals surface area contributed by atoms with Gasteiger partial charge in [0.05, 0.1) is 10.4 Å². The van der Waals surface area contributed by atoms with Crippen LogP contribution in [0.5, 0.6) is 0 Å². The average molecular weight is 263 g/mol. The van der Waals surface area contributed by atoms with Gasteiger partial charge in [-0.1, -0.05) is 36.7 Å². The van der Waals surface area contributed by atoms with Crippen LogP contribution in [0.2, 0.25) is 5.15 Å². The van der Waals surface area contributed by atoms with Gasteiger partial charge in [-0.15, -0.1) is 0 Å². The highest BCUT2D eigenvalue weighted by Gasteiger charge is 2.06. The first-order chi connectivity index (χ1) is 8.61. The van der Waals surface area contributed by atoms with Crippen molar-refractivity contribution in [3.8, 4) is 0 Å². The highest BCUT2D eigenvalue weighted by molar-refractivity contribution is 6.31. The zero-order valence-electron chi connectivity index (χ0n) is 9.76. The van der Waals surface area contributed by atoms with E-state index in [0.717, 1.165) is 29.1 Å². The number of pyridine rings is 1. The number of nitro groups is 1. The number of fused-ring (bicyclic) bond motifs is 1. The van der Waals surface area contributed by atoms with Crippen LogP contribution in [0.15, 0.2) is 30.5 Å². The molecular formula is C13H11ClN2O2. The molecule has 0 saturated heterocycles. The molecule has 92 valence electrons. The smallest absolute Gasteiger partial charge is 0.235 e. The number of aryl methyl sites for hydroxylation is 1. The second kappa shape index (κ2) is 5.14. The Morgan fingerprint density at radius 1 is 1.50 bits per heavy atom. The summed E-state index contributed by atoms with van der Waals surface area (Å²) in [6.07, 6.45) is 3.08. The minimum atomic E-state index is -0.525. The summed E-state index contributed by atoms with van der Waals surface area (Å²) in [6, 6.07) is 7.67. The minimum Gasteiger partial charge on any atom is -0.259 e. The minimum absolute atomic E-state index is 0.279. The molecule has 0 aliphatic heterocycles. The molecule has 0 unspecified atom stereocenters. The lowest BCUT2D eigenvalue weighted by atomic mass is 10.1. The lowest BCUT2D eigenvalue weighted by Crippen LogP contribution is -1.91. The summed E-state index contributed by atoms with van der Waals surface area (Å²) in [5, 5.41) is 11.5. The molecule has 0 radical (unpaired) electrons. The lowest BCUT2D eigenvalue weighted by molar-refractivity contribution is -0.400. The molecule has 0 bridgehead atoms. The maximum absolute atomic E-state index is 10.3. The van der Waals surface area contributed by atoms with Gasteiger partial charge in [0.15, 0.2) is 0 Å². The van der Waals surface area contributed by atoms with Gasteiger partial charge in [-0.25, -0.2) is 4.98 Å². The fourth-order valence-electron chi connectivity index (χ4n) is 1.80. The quantitative estimate of drug-likeness (QED) is 0.481. The topological polar surface area (TPSA) is 56.0 Å². The summed E-state index contributed by atoms with van der Waals surface area (Å²) < 4.78 is 0. The van der Waals surface area contributed by atoms with Crippen molar-refractivity contribution in [2.24, 2.45) is 0 Å². The van der Waals surface area contributed by atoms with Crippen molar-refractivity contribution in [1.82, 2.24) is 4.98 Å². The molecule has 0 N–H and O–H groups in total. The van der Waals surface area contributed by atoms with Crippen LogP contribution >= 0.6 is 11.6 Å². The van der Waals surface area contributed by atoms with Crippen molar-refractivity contribution in [2.75, 3.05) is 0 Å². The monoisotopic (exact) mass is 262 g/mol. The highest BCUT2D eigenvalue weighted by Crippen LogP contribution is 2.24. The number of rotatable bonds is 3. The molecule has 1 aromatic carbocycles. The predicted octanol–water partition coefficient (Wildman–Crippen LogP) is 3.70. The maximum Gasteiger partial charge on any atom is 0.235 e. The summed E-state index contributed by atoms with van der Waals surface area (Å²) in [5.74, 6) is 0. The van der Waals surface area contributed by atoms with E-state index in [1.165, 1.54) is 6.08 Å². The molecule has 4 nitrogen and oxygen atoms in total. The van der Waals surface area contributed by atoms with Gasteiger partial charge in [0.25, 0.3) is 0 Å². The summed E-state index contributed by atoms with van der Waals surface area (Å²) in [7, 11) is 0. The Kier molecular flexibility index (Phi) is 3.58. The normalized spacial score (nSPS) is 11.2. The van der Waals surface area contributed by atoms with Gasteiger partial charge in [-0.3, -0.25) is 10.1 Å². The SMILES string of the molecule is CCc1cccc2cc(/C=C/[N+](=O)[O-])c(Cl)nc12. The predicted molar refractivity (Wildman–Crippen MR) is 72.2 cm³/mol. The fraction of sp³-hybridized carbons (Fsp3) is 0.154. The van der Waals surface area contributed by atoms with E-state index in [0.29, 0.717) is 5.56 Å². The van der Waals surface area contributed by atoms with Crippen LogP contribution < -0.4 is 0 Å². The number of aromatic nitrogens is 1. The third-order valence-corrected chi connectivity index (χ3v) is 2.97. The molecule has 2 rings (SSSR count). The fourth-order valence-corrected chi connectivity index (χ4v) is 2.00. The van der Waals surface area contributed by atoms with Crippen LogP contribution in [0, 0.1) is 10.1 Å². The number of hydrogen-bond acceptors (Lipinski definition) is 3. The Morgan fingerprint density at radius 3 is 2.94 bits per heavy atom. The average Bonchev–Trinajstić information content (AvgIpc) is 2.35. The standard InChI is InChI=1S/C13H11ClN2O2/c1-2-9-4-3-5-10-8-11(6-7-16(17)18)13(14)15-12(9)10/h3-8H,2H2,1H3/b7-6+. The summed E-state index contributed by atoms with van der Waals surface area (Å²) in [5.41, 5.74) is 2.51. The second-order valence-corrected chi connectivity index (χ2v) is 4.17. The second-order valence-electron chi connectivity index (χ2n) is 3.81. The molecule has 0 fully saturated rings. The Hall–Kier alpha value is -1.94. The van der Waals surface area contributed by atoms with Crippen molar-refractivity contribution < 1.29 is 4.92 Å². The Morgan fingerprint density at radius 2 is 2.28 bits per heavy atom. The van der Waals surface area contributed by atoms with E-state index in [2.05, 4.69) is 4.98 Å². The van der Waals surface area contributed by atoms with Gasteiger partial charge in [0.1, 0.15) is 5.15 Å². The van der Waals surface area contributed by atoms with Crippen LogP contribution in [0.25, 0.3) is 17.0 Å². The molecule has 5 heteroatoms. The van der Waals surface area contributed by atoms with Crippen LogP contribution in [0.1, 0.15) is 18.1 Å². The zero-order chi connectivity index (χ0) is 13.1. The maximum atomic E-state index is 10.3. The number of benzene rings is 1. The van der Waals surface area contributed by atoms with Crippen molar-refractivity contribution >= 4 is 28.6 Å². The Labute approximate surface area is 109 Å². The molecule has 0 amide bonds. The number of para-hydroxylation sites is 1. The molecule has 0 aliphatic rings. The van der Waals surface area contributed by atoms with Gasteiger partial charge >= 0.3 is 0 Å². The van der Waals surface area contributed by atoms with Crippen molar-refractivity contribution in [2.45, 2.75) is 13.3 Å². The molecule has 18 heavy (non-hydrogen) atoms. The molecule has 0 aliphatic carbocycles. The van der Waals surface area contributed by atoms with E-state index < -0.39 is 4.92 Å². The van der Waals surface area contributed by atoms with E-state index in [9.17, 15) is 10.1 Å². The summed E-state index contributed by atoms with van der Waals surface area (Å²) >= 11 is 6.03. The van der Waals surface area contributed by atoms with Gasteiger partial charge in [0, 0.05) is 17.0 Å². The van der Waals surface area contributed by atoms with Gasteiger partial charge in [0.2, 0.25) is 6.20 Å². The van der Waals surface area contributed by atoms with Crippen LogP contribution in [0.3, 0.4) is 0 Å². The zero-order valence-corrected chi connectivity index (χ0v) is 10.5. The van der Waals surface area contributed by atoms with Gasteiger partial charge in [-0.05, 0) is 18.1 Å². The van der Waals surface area contributed by atoms with Gasteiger partial charge < -0.3 is 0 Å².